The van der Waals surface area contributed by atoms with Gasteiger partial charge in [-0.25, -0.2) is 4.98 Å². The van der Waals surface area contributed by atoms with Crippen molar-refractivity contribution < 1.29 is 22.8 Å². The number of halogens is 5. The summed E-state index contributed by atoms with van der Waals surface area (Å²) in [5, 5.41) is 8.56. The van der Waals surface area contributed by atoms with Crippen molar-refractivity contribution in [2.24, 2.45) is 5.92 Å². The van der Waals surface area contributed by atoms with Crippen LogP contribution in [0.5, 0.6) is 0 Å². The number of nitrogens with two attached hydrogens (primary N) is 1. The Morgan fingerprint density at radius 3 is 2.60 bits per heavy atom. The maximum atomic E-state index is 12.9. The Morgan fingerprint density at radius 2 is 1.94 bits per heavy atom. The molecule has 5 N–H and O–H groups in total. The van der Waals surface area contributed by atoms with E-state index in [4.69, 9.17) is 5.73 Å². The van der Waals surface area contributed by atoms with Crippen LogP contribution in [0.1, 0.15) is 35.7 Å². The monoisotopic (exact) mass is 535 g/mol. The molecule has 2 heterocycles. The number of carbonyl (C=O) groups is 2. The Balaban J connectivity index is 0.00000306. The molecule has 0 radical (unpaired) electrons. The fourth-order valence-corrected chi connectivity index (χ4v) is 3.88. The van der Waals surface area contributed by atoms with Crippen molar-refractivity contribution in [3.8, 4) is 0 Å². The number of amides is 2. The maximum absolute atomic E-state index is 12.9. The van der Waals surface area contributed by atoms with Gasteiger partial charge >= 0.3 is 6.18 Å². The molecule has 0 saturated carbocycles. The minimum Gasteiger partial charge on any atom is -0.384 e. The molecule has 1 fully saturated rings. The summed E-state index contributed by atoms with van der Waals surface area (Å²) in [6.07, 6.45) is -3.47. The Bertz CT molecular complexity index is 1020. The number of alkyl halides is 3. The molecule has 0 spiro atoms. The van der Waals surface area contributed by atoms with Gasteiger partial charge in [-0.15, -0.1) is 24.8 Å². The van der Waals surface area contributed by atoms with Crippen molar-refractivity contribution >= 4 is 42.4 Å². The highest BCUT2D eigenvalue weighted by atomic mass is 35.5. The van der Waals surface area contributed by atoms with Gasteiger partial charge < -0.3 is 21.7 Å². The van der Waals surface area contributed by atoms with Gasteiger partial charge in [0.25, 0.3) is 0 Å². The third-order valence-electron chi connectivity index (χ3n) is 5.74. The minimum absolute atomic E-state index is 0. The zero-order valence-corrected chi connectivity index (χ0v) is 20.9. The molecule has 1 saturated heterocycles. The molecular formula is C23H30Cl2F3N5O2. The molecular weight excluding hydrogens is 506 g/mol. The fourth-order valence-electron chi connectivity index (χ4n) is 3.88. The summed E-state index contributed by atoms with van der Waals surface area (Å²) in [5.41, 5.74) is 7.07. The van der Waals surface area contributed by atoms with Crippen molar-refractivity contribution in [3.05, 3.63) is 58.8 Å². The van der Waals surface area contributed by atoms with Crippen molar-refractivity contribution in [2.75, 3.05) is 12.3 Å². The van der Waals surface area contributed by atoms with E-state index in [9.17, 15) is 22.8 Å². The molecule has 7 nitrogen and oxygen atoms in total. The second kappa shape index (κ2) is 12.9. The normalized spacial score (nSPS) is 18.1. The lowest BCUT2D eigenvalue weighted by molar-refractivity contribution is -0.137. The molecule has 2 amide bonds. The van der Waals surface area contributed by atoms with Gasteiger partial charge in [-0.1, -0.05) is 24.3 Å². The van der Waals surface area contributed by atoms with Crippen LogP contribution in [0, 0.1) is 12.8 Å². The molecule has 1 aliphatic heterocycles. The van der Waals surface area contributed by atoms with Gasteiger partial charge in [0.1, 0.15) is 11.9 Å². The maximum Gasteiger partial charge on any atom is 0.416 e. The van der Waals surface area contributed by atoms with Crippen molar-refractivity contribution in [2.45, 2.75) is 51.5 Å². The Hall–Kier alpha value is -2.56. The molecule has 3 atom stereocenters. The molecule has 1 aliphatic rings. The minimum atomic E-state index is -4.38. The summed E-state index contributed by atoms with van der Waals surface area (Å²) in [7, 11) is 0. The Labute approximate surface area is 214 Å². The molecule has 2 aromatic rings. The standard InChI is InChI=1S/C23H28F3N5O2.2ClH/c1-13-17(6-7-20(27)30-13)12-29-21(32)14(2)31-22(33)19-10-16(11-28-19)8-15-4-3-5-18(9-15)23(24,25)26;;/h3-7,9,14,16,19,28H,8,10-12H2,1-2H3,(H2,27,30)(H,29,32)(H,31,33);2*1H/t14-,16-,19+;;/m0../s1. The van der Waals surface area contributed by atoms with E-state index in [1.54, 1.807) is 32.0 Å². The highest BCUT2D eigenvalue weighted by Crippen LogP contribution is 2.30. The summed E-state index contributed by atoms with van der Waals surface area (Å²) in [6, 6.07) is 7.45. The predicted molar refractivity (Wildman–Crippen MR) is 132 cm³/mol. The van der Waals surface area contributed by atoms with E-state index >= 15 is 0 Å². The van der Waals surface area contributed by atoms with Crippen molar-refractivity contribution in [3.63, 3.8) is 0 Å². The number of nitrogen functional groups attached to an aromatic ring is 1. The quantitative estimate of drug-likeness (QED) is 0.435. The van der Waals surface area contributed by atoms with Crippen LogP contribution >= 0.6 is 24.8 Å². The first-order valence-electron chi connectivity index (χ1n) is 10.7. The van der Waals surface area contributed by atoms with Crippen molar-refractivity contribution in [1.82, 2.24) is 20.9 Å². The number of nitrogens with zero attached hydrogens (tertiary/aromatic N) is 1. The first-order chi connectivity index (χ1) is 15.5. The van der Waals surface area contributed by atoms with Crippen molar-refractivity contribution in [1.29, 1.82) is 0 Å². The number of hydrogen-bond donors (Lipinski definition) is 4. The van der Waals surface area contributed by atoms with E-state index in [1.165, 1.54) is 6.07 Å². The van der Waals surface area contributed by atoms with Crippen LogP contribution in [0.2, 0.25) is 0 Å². The van der Waals surface area contributed by atoms with Gasteiger partial charge in [0.15, 0.2) is 0 Å². The summed E-state index contributed by atoms with van der Waals surface area (Å²) >= 11 is 0. The first-order valence-corrected chi connectivity index (χ1v) is 10.7. The average Bonchev–Trinajstić information content (AvgIpc) is 3.21. The summed E-state index contributed by atoms with van der Waals surface area (Å²) in [6.45, 7) is 4.16. The number of aryl methyl sites for hydroxylation is 1. The molecule has 0 bridgehead atoms. The second-order valence-electron chi connectivity index (χ2n) is 8.39. The second-order valence-corrected chi connectivity index (χ2v) is 8.39. The number of hydrogen-bond acceptors (Lipinski definition) is 5. The molecule has 1 aromatic carbocycles. The number of aromatic nitrogens is 1. The Kier molecular flexibility index (Phi) is 11.3. The van der Waals surface area contributed by atoms with Crippen LogP contribution < -0.4 is 21.7 Å². The van der Waals surface area contributed by atoms with E-state index in [2.05, 4.69) is 20.9 Å². The SMILES string of the molecule is Cc1nc(N)ccc1CNC(=O)[C@H](C)NC(=O)[C@H]1C[C@H](Cc2cccc(C(F)(F)F)c2)CN1.Cl.Cl. The zero-order chi connectivity index (χ0) is 24.2. The molecule has 1 aromatic heterocycles. The van der Waals surface area contributed by atoms with Crippen LogP contribution in [0.4, 0.5) is 19.0 Å². The highest BCUT2D eigenvalue weighted by Gasteiger charge is 2.33. The number of nitrogens with one attached hydrogen (secondary N) is 3. The van der Waals surface area contributed by atoms with E-state index in [0.717, 1.165) is 17.7 Å². The number of benzene rings is 1. The molecule has 0 aliphatic carbocycles. The number of rotatable bonds is 7. The number of carbonyl (C=O) groups excluding carboxylic acids is 2. The van der Waals surface area contributed by atoms with E-state index in [1.807, 2.05) is 0 Å². The third kappa shape index (κ3) is 8.55. The molecule has 35 heavy (non-hydrogen) atoms. The fraction of sp³-hybridized carbons (Fsp3) is 0.435. The van der Waals surface area contributed by atoms with E-state index in [0.29, 0.717) is 36.5 Å². The van der Waals surface area contributed by atoms with Crippen LogP contribution in [0.3, 0.4) is 0 Å². The predicted octanol–water partition coefficient (Wildman–Crippen LogP) is 3.18. The molecule has 12 heteroatoms. The summed E-state index contributed by atoms with van der Waals surface area (Å²) < 4.78 is 38.8. The first kappa shape index (κ1) is 30.5. The van der Waals surface area contributed by atoms with Crippen LogP contribution in [0.15, 0.2) is 36.4 Å². The topological polar surface area (TPSA) is 109 Å². The van der Waals surface area contributed by atoms with E-state index < -0.39 is 23.8 Å². The third-order valence-corrected chi connectivity index (χ3v) is 5.74. The van der Waals surface area contributed by atoms with Gasteiger partial charge in [0.05, 0.1) is 11.6 Å². The number of anilines is 1. The van der Waals surface area contributed by atoms with E-state index in [-0.39, 0.29) is 49.1 Å². The number of pyridine rings is 1. The van der Waals surface area contributed by atoms with Crippen LogP contribution in [-0.2, 0) is 28.7 Å². The summed E-state index contributed by atoms with van der Waals surface area (Å²) in [5.74, 6) is -0.222. The summed E-state index contributed by atoms with van der Waals surface area (Å²) in [4.78, 5) is 29.1. The molecule has 0 unspecified atom stereocenters. The average molecular weight is 536 g/mol. The van der Waals surface area contributed by atoms with Gasteiger partial charge in [-0.2, -0.15) is 13.2 Å². The lowest BCUT2D eigenvalue weighted by Crippen LogP contribution is -2.50. The van der Waals surface area contributed by atoms with Gasteiger partial charge in [0, 0.05) is 12.2 Å². The largest absolute Gasteiger partial charge is 0.416 e. The van der Waals surface area contributed by atoms with Gasteiger partial charge in [0.2, 0.25) is 11.8 Å². The zero-order valence-electron chi connectivity index (χ0n) is 19.3. The van der Waals surface area contributed by atoms with Crippen LogP contribution in [-0.4, -0.2) is 35.4 Å². The lowest BCUT2D eigenvalue weighted by atomic mass is 9.95. The van der Waals surface area contributed by atoms with Gasteiger partial charge in [-0.05, 0) is 62.4 Å². The van der Waals surface area contributed by atoms with Gasteiger partial charge in [-0.3, -0.25) is 9.59 Å². The highest BCUT2D eigenvalue weighted by molar-refractivity contribution is 5.89. The Morgan fingerprint density at radius 1 is 1.23 bits per heavy atom. The smallest absolute Gasteiger partial charge is 0.384 e. The van der Waals surface area contributed by atoms with Crippen LogP contribution in [0.25, 0.3) is 0 Å². The molecule has 194 valence electrons. The lowest BCUT2D eigenvalue weighted by Gasteiger charge is -2.17. The molecule has 3 rings (SSSR count).